The molecule has 1 unspecified atom stereocenters. The number of carbonyl (C=O) groups is 1. The van der Waals surface area contributed by atoms with Crippen molar-refractivity contribution in [3.8, 4) is 5.88 Å². The predicted molar refractivity (Wildman–Crippen MR) is 54.0 cm³/mol. The zero-order valence-electron chi connectivity index (χ0n) is 9.02. The van der Waals surface area contributed by atoms with Crippen molar-refractivity contribution >= 4 is 5.97 Å². The van der Waals surface area contributed by atoms with Crippen LogP contribution in [0.4, 0.5) is 0 Å². The highest BCUT2D eigenvalue weighted by Gasteiger charge is 2.20. The molecule has 0 aliphatic rings. The number of carboxylic acids is 1. The van der Waals surface area contributed by atoms with E-state index >= 15 is 0 Å². The quantitative estimate of drug-likeness (QED) is 0.812. The summed E-state index contributed by atoms with van der Waals surface area (Å²) in [7, 11) is 0. The van der Waals surface area contributed by atoms with Crippen LogP contribution in [0.1, 0.15) is 31.2 Å². The zero-order valence-corrected chi connectivity index (χ0v) is 9.02. The van der Waals surface area contributed by atoms with Gasteiger partial charge in [0.05, 0.1) is 12.5 Å². The summed E-state index contributed by atoms with van der Waals surface area (Å²) in [6.45, 7) is 5.60. The Bertz CT molecular complexity index is 366. The van der Waals surface area contributed by atoms with Crippen LogP contribution in [-0.4, -0.2) is 27.7 Å². The summed E-state index contributed by atoms with van der Waals surface area (Å²) in [6, 6.07) is 0. The molecule has 5 nitrogen and oxygen atoms in total. The largest absolute Gasteiger partial charge is 0.481 e. The minimum absolute atomic E-state index is 0.361. The molecule has 0 saturated carbocycles. The van der Waals surface area contributed by atoms with Gasteiger partial charge in [0, 0.05) is 11.8 Å². The van der Waals surface area contributed by atoms with Gasteiger partial charge >= 0.3 is 5.97 Å². The third kappa shape index (κ3) is 2.65. The molecule has 0 amide bonds. The lowest BCUT2D eigenvalue weighted by Gasteiger charge is -2.11. The number of nitrogens with zero attached hydrogens (tertiary/aromatic N) is 2. The van der Waals surface area contributed by atoms with Crippen LogP contribution in [0.5, 0.6) is 5.88 Å². The van der Waals surface area contributed by atoms with E-state index in [0.717, 1.165) is 0 Å². The summed E-state index contributed by atoms with van der Waals surface area (Å²) in [5.41, 5.74) is 0.509. The molecule has 1 atom stereocenters. The second kappa shape index (κ2) is 4.72. The van der Waals surface area contributed by atoms with Crippen LogP contribution in [0.3, 0.4) is 0 Å². The Morgan fingerprint density at radius 1 is 1.67 bits per heavy atom. The maximum Gasteiger partial charge on any atom is 0.310 e. The molecule has 0 radical (unpaired) electrons. The minimum Gasteiger partial charge on any atom is -0.481 e. The molecular weight excluding hydrogens is 196 g/mol. The van der Waals surface area contributed by atoms with Crippen molar-refractivity contribution in [3.63, 3.8) is 0 Å². The zero-order chi connectivity index (χ0) is 11.4. The Hall–Kier alpha value is -1.65. The molecule has 0 saturated heterocycles. The van der Waals surface area contributed by atoms with Gasteiger partial charge in [0.15, 0.2) is 0 Å². The van der Waals surface area contributed by atoms with E-state index < -0.39 is 11.9 Å². The lowest BCUT2D eigenvalue weighted by atomic mass is 10.0. The van der Waals surface area contributed by atoms with Crippen molar-refractivity contribution in [1.29, 1.82) is 0 Å². The topological polar surface area (TPSA) is 72.3 Å². The average Bonchev–Trinajstić information content (AvgIpc) is 2.17. The Morgan fingerprint density at radius 2 is 2.33 bits per heavy atom. The maximum atomic E-state index is 10.8. The van der Waals surface area contributed by atoms with Gasteiger partial charge < -0.3 is 9.84 Å². The van der Waals surface area contributed by atoms with Gasteiger partial charge in [-0.15, -0.1) is 0 Å². The number of aryl methyl sites for hydroxylation is 1. The molecule has 5 heteroatoms. The molecule has 1 aromatic rings. The summed E-state index contributed by atoms with van der Waals surface area (Å²) in [6.07, 6.45) is 1.51. The maximum absolute atomic E-state index is 10.8. The standard InChI is InChI=1S/C10H14N2O3/c1-4-15-9-8(6(2)10(13)14)5-11-7(3)12-9/h5-6H,4H2,1-3H3,(H,13,14). The molecule has 1 N–H and O–H groups in total. The first-order valence-corrected chi connectivity index (χ1v) is 4.75. The number of ether oxygens (including phenoxy) is 1. The van der Waals surface area contributed by atoms with Crippen LogP contribution in [0.15, 0.2) is 6.20 Å². The number of carboxylic acid groups (broad SMARTS) is 1. The van der Waals surface area contributed by atoms with Gasteiger partial charge in [0.2, 0.25) is 5.88 Å². The van der Waals surface area contributed by atoms with Crippen molar-refractivity contribution < 1.29 is 14.6 Å². The van der Waals surface area contributed by atoms with Crippen molar-refractivity contribution in [1.82, 2.24) is 9.97 Å². The van der Waals surface area contributed by atoms with E-state index in [1.165, 1.54) is 6.20 Å². The third-order valence-electron chi connectivity index (χ3n) is 2.02. The summed E-state index contributed by atoms with van der Waals surface area (Å²) in [5, 5.41) is 8.89. The van der Waals surface area contributed by atoms with Crippen LogP contribution in [0.2, 0.25) is 0 Å². The molecular formula is C10H14N2O3. The summed E-state index contributed by atoms with van der Waals surface area (Å²) in [5.74, 6) is -0.643. The molecule has 0 aromatic carbocycles. The van der Waals surface area contributed by atoms with E-state index in [1.54, 1.807) is 13.8 Å². The van der Waals surface area contributed by atoms with Crippen molar-refractivity contribution in [3.05, 3.63) is 17.6 Å². The van der Waals surface area contributed by atoms with Crippen molar-refractivity contribution in [2.75, 3.05) is 6.61 Å². The lowest BCUT2D eigenvalue weighted by Crippen LogP contribution is -2.11. The molecule has 1 rings (SSSR count). The fraction of sp³-hybridized carbons (Fsp3) is 0.500. The van der Waals surface area contributed by atoms with E-state index in [1.807, 2.05) is 6.92 Å². The Kier molecular flexibility index (Phi) is 3.60. The monoisotopic (exact) mass is 210 g/mol. The molecule has 0 aliphatic carbocycles. The van der Waals surface area contributed by atoms with E-state index in [2.05, 4.69) is 9.97 Å². The SMILES string of the molecule is CCOc1nc(C)ncc1C(C)C(=O)O. The Labute approximate surface area is 88.1 Å². The van der Waals surface area contributed by atoms with E-state index in [4.69, 9.17) is 9.84 Å². The van der Waals surface area contributed by atoms with Crippen molar-refractivity contribution in [2.45, 2.75) is 26.7 Å². The first-order valence-electron chi connectivity index (χ1n) is 4.75. The molecule has 0 bridgehead atoms. The van der Waals surface area contributed by atoms with Gasteiger partial charge in [-0.05, 0) is 20.8 Å². The smallest absolute Gasteiger partial charge is 0.310 e. The number of rotatable bonds is 4. The van der Waals surface area contributed by atoms with Crippen LogP contribution in [0, 0.1) is 6.92 Å². The van der Waals surface area contributed by atoms with Gasteiger partial charge in [-0.25, -0.2) is 4.98 Å². The van der Waals surface area contributed by atoms with Crippen LogP contribution < -0.4 is 4.74 Å². The molecule has 0 aliphatic heterocycles. The third-order valence-corrected chi connectivity index (χ3v) is 2.02. The normalized spacial score (nSPS) is 12.2. The fourth-order valence-corrected chi connectivity index (χ4v) is 1.14. The molecule has 1 aromatic heterocycles. The lowest BCUT2D eigenvalue weighted by molar-refractivity contribution is -0.138. The first kappa shape index (κ1) is 11.4. The highest BCUT2D eigenvalue weighted by molar-refractivity contribution is 5.76. The number of hydrogen-bond donors (Lipinski definition) is 1. The summed E-state index contributed by atoms with van der Waals surface area (Å²) in [4.78, 5) is 18.9. The van der Waals surface area contributed by atoms with Gasteiger partial charge in [-0.3, -0.25) is 4.79 Å². The predicted octanol–water partition coefficient (Wildman–Crippen LogP) is 1.37. The van der Waals surface area contributed by atoms with E-state index in [-0.39, 0.29) is 0 Å². The number of aliphatic carboxylic acids is 1. The average molecular weight is 210 g/mol. The first-order chi connectivity index (χ1) is 7.06. The van der Waals surface area contributed by atoms with Crippen LogP contribution in [0.25, 0.3) is 0 Å². The summed E-state index contributed by atoms with van der Waals surface area (Å²) >= 11 is 0. The second-order valence-electron chi connectivity index (χ2n) is 3.17. The highest BCUT2D eigenvalue weighted by Crippen LogP contribution is 2.24. The number of hydrogen-bond acceptors (Lipinski definition) is 4. The van der Waals surface area contributed by atoms with Gasteiger partial charge in [0.25, 0.3) is 0 Å². The highest BCUT2D eigenvalue weighted by atomic mass is 16.5. The molecule has 1 heterocycles. The molecule has 0 spiro atoms. The van der Waals surface area contributed by atoms with Gasteiger partial charge in [-0.2, -0.15) is 4.98 Å². The Morgan fingerprint density at radius 3 is 2.87 bits per heavy atom. The van der Waals surface area contributed by atoms with Crippen LogP contribution in [-0.2, 0) is 4.79 Å². The van der Waals surface area contributed by atoms with Crippen molar-refractivity contribution in [2.24, 2.45) is 0 Å². The Balaban J connectivity index is 3.10. The summed E-state index contributed by atoms with van der Waals surface area (Å²) < 4.78 is 5.27. The minimum atomic E-state index is -0.914. The van der Waals surface area contributed by atoms with Gasteiger partial charge in [0.1, 0.15) is 5.82 Å². The number of aromatic nitrogens is 2. The fourth-order valence-electron chi connectivity index (χ4n) is 1.14. The molecule has 82 valence electrons. The van der Waals surface area contributed by atoms with Gasteiger partial charge in [-0.1, -0.05) is 0 Å². The second-order valence-corrected chi connectivity index (χ2v) is 3.17. The molecule has 15 heavy (non-hydrogen) atoms. The van der Waals surface area contributed by atoms with E-state index in [0.29, 0.717) is 23.9 Å². The molecule has 0 fully saturated rings. The van der Waals surface area contributed by atoms with E-state index in [9.17, 15) is 4.79 Å². The van der Waals surface area contributed by atoms with Crippen LogP contribution >= 0.6 is 0 Å².